The van der Waals surface area contributed by atoms with Crippen LogP contribution >= 0.6 is 22.6 Å². The van der Waals surface area contributed by atoms with Gasteiger partial charge in [-0.2, -0.15) is 0 Å². The topological polar surface area (TPSA) is 26.3 Å². The molecule has 3 aliphatic rings. The van der Waals surface area contributed by atoms with Crippen LogP contribution in [-0.4, -0.2) is 16.5 Å². The Bertz CT molecular complexity index is 241. The lowest BCUT2D eigenvalue weighted by Gasteiger charge is -2.24. The van der Waals surface area contributed by atoms with Crippen LogP contribution < -0.4 is 0 Å². The number of carbonyl (C=O) groups is 1. The molecule has 0 N–H and O–H groups in total. The first-order valence-corrected chi connectivity index (χ1v) is 5.82. The van der Waals surface area contributed by atoms with Crippen molar-refractivity contribution in [1.82, 2.24) is 0 Å². The van der Waals surface area contributed by atoms with Crippen molar-refractivity contribution >= 4 is 28.6 Å². The minimum absolute atomic E-state index is 0.0915. The average molecular weight is 278 g/mol. The Morgan fingerprint density at radius 1 is 1.33 bits per heavy atom. The van der Waals surface area contributed by atoms with Crippen LogP contribution in [0.5, 0.6) is 0 Å². The molecule has 4 unspecified atom stereocenters. The standard InChI is InChI=1S/C9H11IO2/c10-7-2-4-1-5(7)8-6(4)3-12-9(8)11/h4-8H,1-3H2/t4?,5?,6?,7-,8?/m1/s1. The van der Waals surface area contributed by atoms with Crippen LogP contribution in [-0.2, 0) is 9.53 Å². The minimum atomic E-state index is 0.0915. The van der Waals surface area contributed by atoms with E-state index in [0.29, 0.717) is 18.4 Å². The van der Waals surface area contributed by atoms with Gasteiger partial charge in [-0.3, -0.25) is 4.79 Å². The van der Waals surface area contributed by atoms with Gasteiger partial charge in [0.25, 0.3) is 0 Å². The van der Waals surface area contributed by atoms with Gasteiger partial charge in [0.2, 0.25) is 0 Å². The summed E-state index contributed by atoms with van der Waals surface area (Å²) in [5, 5.41) is 0. The Labute approximate surface area is 85.2 Å². The highest BCUT2D eigenvalue weighted by atomic mass is 127. The van der Waals surface area contributed by atoms with Crippen molar-refractivity contribution in [3.63, 3.8) is 0 Å². The van der Waals surface area contributed by atoms with Gasteiger partial charge < -0.3 is 4.74 Å². The molecule has 5 atom stereocenters. The first-order chi connectivity index (χ1) is 5.77. The summed E-state index contributed by atoms with van der Waals surface area (Å²) in [6.07, 6.45) is 2.61. The molecule has 1 saturated heterocycles. The highest BCUT2D eigenvalue weighted by molar-refractivity contribution is 14.1. The fourth-order valence-electron chi connectivity index (χ4n) is 3.25. The molecule has 2 nitrogen and oxygen atoms in total. The second-order valence-electron chi connectivity index (χ2n) is 4.23. The van der Waals surface area contributed by atoms with E-state index in [-0.39, 0.29) is 11.9 Å². The molecule has 2 bridgehead atoms. The van der Waals surface area contributed by atoms with Gasteiger partial charge in [0.15, 0.2) is 0 Å². The Hall–Kier alpha value is 0.200. The van der Waals surface area contributed by atoms with E-state index in [1.165, 1.54) is 12.8 Å². The molecule has 0 aromatic carbocycles. The molecule has 2 aliphatic carbocycles. The summed E-state index contributed by atoms with van der Waals surface area (Å²) in [6.45, 7) is 0.716. The molecule has 0 aromatic rings. The lowest BCUT2D eigenvalue weighted by Crippen LogP contribution is -2.29. The number of hydrogen-bond donors (Lipinski definition) is 0. The quantitative estimate of drug-likeness (QED) is 0.382. The molecule has 3 heteroatoms. The van der Waals surface area contributed by atoms with Gasteiger partial charge in [-0.1, -0.05) is 22.6 Å². The lowest BCUT2D eigenvalue weighted by molar-refractivity contribution is -0.142. The van der Waals surface area contributed by atoms with Crippen LogP contribution in [0.4, 0.5) is 0 Å². The third-order valence-electron chi connectivity index (χ3n) is 3.79. The fourth-order valence-corrected chi connectivity index (χ4v) is 4.65. The number of alkyl halides is 1. The highest BCUT2D eigenvalue weighted by Gasteiger charge is 2.58. The Kier molecular flexibility index (Phi) is 1.50. The molecule has 0 aromatic heterocycles. The Balaban J connectivity index is 1.95. The number of esters is 1. The van der Waals surface area contributed by atoms with E-state index in [2.05, 4.69) is 22.6 Å². The summed E-state index contributed by atoms with van der Waals surface area (Å²) in [5.74, 6) is 2.41. The molecule has 3 fully saturated rings. The van der Waals surface area contributed by atoms with Crippen LogP contribution in [0.15, 0.2) is 0 Å². The first kappa shape index (κ1) is 7.59. The molecular weight excluding hydrogens is 267 g/mol. The van der Waals surface area contributed by atoms with Gasteiger partial charge in [0, 0.05) is 9.84 Å². The summed E-state index contributed by atoms with van der Waals surface area (Å²) in [5.41, 5.74) is 0. The predicted octanol–water partition coefficient (Wildman–Crippen LogP) is 1.62. The second kappa shape index (κ2) is 2.36. The van der Waals surface area contributed by atoms with Gasteiger partial charge in [0.05, 0.1) is 12.5 Å². The number of hydrogen-bond acceptors (Lipinski definition) is 2. The normalized spacial score (nSPS) is 55.8. The van der Waals surface area contributed by atoms with Crippen molar-refractivity contribution < 1.29 is 9.53 Å². The second-order valence-corrected chi connectivity index (χ2v) is 5.83. The zero-order chi connectivity index (χ0) is 8.29. The predicted molar refractivity (Wildman–Crippen MR) is 52.0 cm³/mol. The van der Waals surface area contributed by atoms with E-state index in [1.54, 1.807) is 0 Å². The molecule has 1 aliphatic heterocycles. The van der Waals surface area contributed by atoms with E-state index >= 15 is 0 Å². The van der Waals surface area contributed by atoms with Crippen molar-refractivity contribution in [1.29, 1.82) is 0 Å². The SMILES string of the molecule is O=C1OCC2C3CC(C12)[C@H](I)C3. The molecular formula is C9H11IO2. The van der Waals surface area contributed by atoms with Gasteiger partial charge in [-0.05, 0) is 24.7 Å². The third-order valence-corrected chi connectivity index (χ3v) is 5.22. The number of rotatable bonds is 0. The summed E-state index contributed by atoms with van der Waals surface area (Å²) < 4.78 is 5.84. The molecule has 0 spiro atoms. The van der Waals surface area contributed by atoms with E-state index in [4.69, 9.17) is 4.74 Å². The summed E-state index contributed by atoms with van der Waals surface area (Å²) >= 11 is 2.50. The van der Waals surface area contributed by atoms with Crippen LogP contribution in [0.25, 0.3) is 0 Å². The zero-order valence-electron chi connectivity index (χ0n) is 6.70. The average Bonchev–Trinajstić information content (AvgIpc) is 2.62. The third kappa shape index (κ3) is 0.783. The minimum Gasteiger partial charge on any atom is -0.465 e. The highest BCUT2D eigenvalue weighted by Crippen LogP contribution is 2.57. The summed E-state index contributed by atoms with van der Waals surface area (Å²) in [4.78, 5) is 11.4. The molecule has 3 rings (SSSR count). The molecule has 12 heavy (non-hydrogen) atoms. The number of cyclic esters (lactones) is 1. The van der Waals surface area contributed by atoms with E-state index < -0.39 is 0 Å². The smallest absolute Gasteiger partial charge is 0.309 e. The maximum atomic E-state index is 11.4. The summed E-state index contributed by atoms with van der Waals surface area (Å²) in [6, 6.07) is 0. The van der Waals surface area contributed by atoms with Gasteiger partial charge in [-0.15, -0.1) is 0 Å². The lowest BCUT2D eigenvalue weighted by atomic mass is 9.81. The van der Waals surface area contributed by atoms with Crippen molar-refractivity contribution in [3.8, 4) is 0 Å². The molecule has 66 valence electrons. The van der Waals surface area contributed by atoms with Crippen molar-refractivity contribution in [2.24, 2.45) is 23.7 Å². The van der Waals surface area contributed by atoms with Gasteiger partial charge in [-0.25, -0.2) is 0 Å². The fraction of sp³-hybridized carbons (Fsp3) is 0.889. The van der Waals surface area contributed by atoms with Crippen molar-refractivity contribution in [2.45, 2.75) is 16.8 Å². The molecule has 1 heterocycles. The van der Waals surface area contributed by atoms with Gasteiger partial charge in [0.1, 0.15) is 0 Å². The largest absolute Gasteiger partial charge is 0.465 e. The van der Waals surface area contributed by atoms with Crippen LogP contribution in [0.1, 0.15) is 12.8 Å². The molecule has 0 amide bonds. The van der Waals surface area contributed by atoms with E-state index in [0.717, 1.165) is 9.84 Å². The molecule has 0 radical (unpaired) electrons. The summed E-state index contributed by atoms with van der Waals surface area (Å²) in [7, 11) is 0. The monoisotopic (exact) mass is 278 g/mol. The maximum absolute atomic E-state index is 11.4. The van der Waals surface area contributed by atoms with Crippen LogP contribution in [0.2, 0.25) is 0 Å². The Morgan fingerprint density at radius 3 is 3.00 bits per heavy atom. The maximum Gasteiger partial charge on any atom is 0.309 e. The van der Waals surface area contributed by atoms with Crippen LogP contribution in [0, 0.1) is 23.7 Å². The zero-order valence-corrected chi connectivity index (χ0v) is 8.86. The Morgan fingerprint density at radius 2 is 2.17 bits per heavy atom. The van der Waals surface area contributed by atoms with Crippen molar-refractivity contribution in [3.05, 3.63) is 0 Å². The number of fused-ring (bicyclic) bond motifs is 5. The number of halogens is 1. The van der Waals surface area contributed by atoms with Gasteiger partial charge >= 0.3 is 5.97 Å². The molecule has 2 saturated carbocycles. The number of ether oxygens (including phenoxy) is 1. The van der Waals surface area contributed by atoms with Crippen LogP contribution in [0.3, 0.4) is 0 Å². The number of carbonyl (C=O) groups excluding carboxylic acids is 1. The first-order valence-electron chi connectivity index (χ1n) is 4.58. The van der Waals surface area contributed by atoms with E-state index in [9.17, 15) is 4.79 Å². The van der Waals surface area contributed by atoms with Crippen molar-refractivity contribution in [2.75, 3.05) is 6.61 Å². The van der Waals surface area contributed by atoms with E-state index in [1.807, 2.05) is 0 Å².